The average Bonchev–Trinajstić information content (AvgIpc) is 2.97. The number of ether oxygens (including phenoxy) is 1. The van der Waals surface area contributed by atoms with Crippen LogP contribution in [0.4, 0.5) is 0 Å². The van der Waals surface area contributed by atoms with Crippen molar-refractivity contribution in [2.24, 2.45) is 0 Å². The molecule has 0 aliphatic heterocycles. The van der Waals surface area contributed by atoms with Gasteiger partial charge in [-0.05, 0) is 30.0 Å². The van der Waals surface area contributed by atoms with Crippen LogP contribution in [0.2, 0.25) is 0 Å². The van der Waals surface area contributed by atoms with Crippen LogP contribution in [-0.2, 0) is 28.9 Å². The second kappa shape index (κ2) is 8.66. The summed E-state index contributed by atoms with van der Waals surface area (Å²) in [5, 5.41) is 0. The number of aromatic nitrogens is 1. The summed E-state index contributed by atoms with van der Waals surface area (Å²) in [5.41, 5.74) is 3.78. The molecule has 6 nitrogen and oxygen atoms in total. The first-order valence-corrected chi connectivity index (χ1v) is 8.90. The lowest BCUT2D eigenvalue weighted by Crippen LogP contribution is -2.28. The van der Waals surface area contributed by atoms with E-state index < -0.39 is 5.97 Å². The molecular formula is C21H26N2O4. The topological polar surface area (TPSA) is 79.5 Å². The Morgan fingerprint density at radius 1 is 1.11 bits per heavy atom. The number of aryl methyl sites for hydroxylation is 1. The Kier molecular flexibility index (Phi) is 6.55. The van der Waals surface area contributed by atoms with E-state index in [0.717, 1.165) is 12.0 Å². The molecule has 0 spiro atoms. The van der Waals surface area contributed by atoms with E-state index in [0.29, 0.717) is 23.5 Å². The van der Waals surface area contributed by atoms with Gasteiger partial charge < -0.3 is 14.6 Å². The Balaban J connectivity index is 2.19. The summed E-state index contributed by atoms with van der Waals surface area (Å²) in [6, 6.07) is 8.12. The molecule has 1 amide bonds. The van der Waals surface area contributed by atoms with Crippen LogP contribution in [0.5, 0.6) is 0 Å². The lowest BCUT2D eigenvalue weighted by molar-refractivity contribution is -0.129. The molecule has 0 fully saturated rings. The van der Waals surface area contributed by atoms with Crippen LogP contribution in [0.25, 0.3) is 0 Å². The van der Waals surface area contributed by atoms with Gasteiger partial charge in [0.2, 0.25) is 5.91 Å². The summed E-state index contributed by atoms with van der Waals surface area (Å²) in [7, 11) is 3.00. The van der Waals surface area contributed by atoms with Crippen molar-refractivity contribution in [2.45, 2.75) is 40.2 Å². The number of H-pyrrole nitrogens is 1. The number of ketones is 1. The zero-order valence-corrected chi connectivity index (χ0v) is 16.5. The number of amides is 1. The van der Waals surface area contributed by atoms with E-state index in [4.69, 9.17) is 4.74 Å². The molecule has 1 N–H and O–H groups in total. The molecule has 0 saturated heterocycles. The maximum atomic E-state index is 12.7. The number of benzene rings is 1. The number of carbonyl (C=O) groups excluding carboxylic acids is 3. The van der Waals surface area contributed by atoms with Gasteiger partial charge in [0.05, 0.1) is 24.8 Å². The fraction of sp³-hybridized carbons (Fsp3) is 0.381. The molecule has 0 radical (unpaired) electrons. The highest BCUT2D eigenvalue weighted by Crippen LogP contribution is 2.21. The fourth-order valence-electron chi connectivity index (χ4n) is 3.05. The zero-order valence-electron chi connectivity index (χ0n) is 16.5. The Morgan fingerprint density at radius 3 is 2.22 bits per heavy atom. The van der Waals surface area contributed by atoms with Gasteiger partial charge in [-0.2, -0.15) is 0 Å². The van der Waals surface area contributed by atoms with Crippen molar-refractivity contribution >= 4 is 17.7 Å². The second-order valence-corrected chi connectivity index (χ2v) is 6.62. The third-order valence-electron chi connectivity index (χ3n) is 4.67. The number of hydrogen-bond acceptors (Lipinski definition) is 4. The molecule has 144 valence electrons. The van der Waals surface area contributed by atoms with Crippen molar-refractivity contribution in [3.63, 3.8) is 0 Å². The molecule has 0 unspecified atom stereocenters. The molecule has 2 rings (SSSR count). The standard InChI is InChI=1S/C21H26N2O4/c1-6-15-7-9-16(10-8-15)12-23(4)18(25)11-17-19(21(26)27-5)13(2)20(22-17)14(3)24/h7-10,22H,6,11-12H2,1-5H3. The van der Waals surface area contributed by atoms with Gasteiger partial charge in [-0.25, -0.2) is 4.79 Å². The Bertz CT molecular complexity index is 850. The molecular weight excluding hydrogens is 344 g/mol. The maximum absolute atomic E-state index is 12.7. The van der Waals surface area contributed by atoms with Gasteiger partial charge in [0.15, 0.2) is 5.78 Å². The third kappa shape index (κ3) is 4.64. The van der Waals surface area contributed by atoms with E-state index in [9.17, 15) is 14.4 Å². The van der Waals surface area contributed by atoms with Crippen molar-refractivity contribution in [1.29, 1.82) is 0 Å². The highest BCUT2D eigenvalue weighted by Gasteiger charge is 2.25. The van der Waals surface area contributed by atoms with Gasteiger partial charge in [0, 0.05) is 26.2 Å². The van der Waals surface area contributed by atoms with E-state index in [1.807, 2.05) is 12.1 Å². The molecule has 1 aromatic heterocycles. The van der Waals surface area contributed by atoms with E-state index in [2.05, 4.69) is 24.0 Å². The number of likely N-dealkylation sites (N-methyl/N-ethyl adjacent to an activating group) is 1. The number of carbonyl (C=O) groups is 3. The Hall–Kier alpha value is -2.89. The van der Waals surface area contributed by atoms with E-state index in [1.165, 1.54) is 19.6 Å². The number of rotatable bonds is 7. The van der Waals surface area contributed by atoms with Crippen LogP contribution in [0.3, 0.4) is 0 Å². The van der Waals surface area contributed by atoms with E-state index >= 15 is 0 Å². The maximum Gasteiger partial charge on any atom is 0.339 e. The first kappa shape index (κ1) is 20.4. The van der Waals surface area contributed by atoms with Crippen molar-refractivity contribution in [3.05, 3.63) is 57.9 Å². The number of aromatic amines is 1. The minimum atomic E-state index is -0.558. The largest absolute Gasteiger partial charge is 0.465 e. The predicted octanol–water partition coefficient (Wildman–Crippen LogP) is 3.08. The third-order valence-corrected chi connectivity index (χ3v) is 4.67. The van der Waals surface area contributed by atoms with Crippen LogP contribution in [0.15, 0.2) is 24.3 Å². The summed E-state index contributed by atoms with van der Waals surface area (Å²) in [6.07, 6.45) is 0.956. The van der Waals surface area contributed by atoms with Gasteiger partial charge in [0.25, 0.3) is 0 Å². The van der Waals surface area contributed by atoms with Crippen LogP contribution in [-0.4, -0.2) is 41.7 Å². The van der Waals surface area contributed by atoms with Gasteiger partial charge >= 0.3 is 5.97 Å². The summed E-state index contributed by atoms with van der Waals surface area (Å²) in [5.74, 6) is -0.909. The lowest BCUT2D eigenvalue weighted by atomic mass is 10.1. The highest BCUT2D eigenvalue weighted by molar-refractivity contribution is 6.01. The average molecular weight is 370 g/mol. The molecule has 1 aromatic carbocycles. The molecule has 0 aliphatic carbocycles. The summed E-state index contributed by atoms with van der Waals surface area (Å²) in [6.45, 7) is 5.65. The molecule has 0 saturated carbocycles. The number of esters is 1. The molecule has 27 heavy (non-hydrogen) atoms. The lowest BCUT2D eigenvalue weighted by Gasteiger charge is -2.17. The number of Topliss-reactive ketones (excluding diaryl/α,β-unsaturated/α-hetero) is 1. The quantitative estimate of drug-likeness (QED) is 0.600. The van der Waals surface area contributed by atoms with Crippen molar-refractivity contribution in [2.75, 3.05) is 14.2 Å². The predicted molar refractivity (Wildman–Crippen MR) is 103 cm³/mol. The summed E-state index contributed by atoms with van der Waals surface area (Å²) >= 11 is 0. The van der Waals surface area contributed by atoms with Gasteiger partial charge in [-0.15, -0.1) is 0 Å². The molecule has 2 aromatic rings. The van der Waals surface area contributed by atoms with Crippen molar-refractivity contribution in [1.82, 2.24) is 9.88 Å². The minimum absolute atomic E-state index is 0.0118. The van der Waals surface area contributed by atoms with Crippen molar-refractivity contribution < 1.29 is 19.1 Å². The van der Waals surface area contributed by atoms with Gasteiger partial charge in [0.1, 0.15) is 0 Å². The first-order valence-electron chi connectivity index (χ1n) is 8.90. The van der Waals surface area contributed by atoms with Gasteiger partial charge in [-0.1, -0.05) is 31.2 Å². The minimum Gasteiger partial charge on any atom is -0.465 e. The summed E-state index contributed by atoms with van der Waals surface area (Å²) in [4.78, 5) is 41.1. The van der Waals surface area contributed by atoms with Gasteiger partial charge in [-0.3, -0.25) is 9.59 Å². The van der Waals surface area contributed by atoms with Crippen molar-refractivity contribution in [3.8, 4) is 0 Å². The van der Waals surface area contributed by atoms with E-state index in [-0.39, 0.29) is 23.7 Å². The Labute approximate surface area is 159 Å². The first-order chi connectivity index (χ1) is 12.8. The normalized spacial score (nSPS) is 10.6. The fourth-order valence-corrected chi connectivity index (χ4v) is 3.05. The molecule has 6 heteroatoms. The van der Waals surface area contributed by atoms with Crippen LogP contribution >= 0.6 is 0 Å². The highest BCUT2D eigenvalue weighted by atomic mass is 16.5. The number of nitrogens with zero attached hydrogens (tertiary/aromatic N) is 1. The van der Waals surface area contributed by atoms with Crippen LogP contribution < -0.4 is 0 Å². The van der Waals surface area contributed by atoms with Crippen LogP contribution in [0, 0.1) is 6.92 Å². The zero-order chi connectivity index (χ0) is 20.1. The number of hydrogen-bond donors (Lipinski definition) is 1. The number of methoxy groups -OCH3 is 1. The molecule has 1 heterocycles. The molecule has 0 bridgehead atoms. The number of nitrogens with one attached hydrogen (secondary N) is 1. The summed E-state index contributed by atoms with van der Waals surface area (Å²) < 4.78 is 4.82. The SMILES string of the molecule is CCc1ccc(CN(C)C(=O)Cc2[nH]c(C(C)=O)c(C)c2C(=O)OC)cc1. The smallest absolute Gasteiger partial charge is 0.339 e. The van der Waals surface area contributed by atoms with E-state index in [1.54, 1.807) is 18.9 Å². The molecule has 0 atom stereocenters. The van der Waals surface area contributed by atoms with Crippen LogP contribution in [0.1, 0.15) is 57.1 Å². The Morgan fingerprint density at radius 2 is 1.70 bits per heavy atom. The second-order valence-electron chi connectivity index (χ2n) is 6.62. The monoisotopic (exact) mass is 370 g/mol. The molecule has 0 aliphatic rings.